The number of fused-ring (bicyclic) bond motifs is 3. The molecule has 1 aromatic heterocycles. The fourth-order valence-corrected chi connectivity index (χ4v) is 4.90. The lowest BCUT2D eigenvalue weighted by molar-refractivity contribution is 0.103. The van der Waals surface area contributed by atoms with E-state index >= 15 is 0 Å². The topological polar surface area (TPSA) is 44.1 Å². The molecule has 4 aromatic rings. The lowest BCUT2D eigenvalue weighted by atomic mass is 10.0. The highest BCUT2D eigenvalue weighted by molar-refractivity contribution is 7.99. The van der Waals surface area contributed by atoms with Crippen molar-refractivity contribution >= 4 is 28.6 Å². The summed E-state index contributed by atoms with van der Waals surface area (Å²) >= 11 is 1.86. The van der Waals surface area contributed by atoms with Gasteiger partial charge >= 0.3 is 0 Å². The van der Waals surface area contributed by atoms with E-state index in [2.05, 4.69) is 16.7 Å². The first-order valence-electron chi connectivity index (χ1n) is 9.11. The monoisotopic (exact) mass is 386 g/mol. The van der Waals surface area contributed by atoms with Crippen molar-refractivity contribution in [3.05, 3.63) is 95.3 Å². The molecule has 2 heterocycles. The average Bonchev–Trinajstić information content (AvgIpc) is 3.32. The van der Waals surface area contributed by atoms with E-state index in [1.807, 2.05) is 72.4 Å². The number of ketones is 1. The SMILES string of the molecule is COc1ccc(C2SCc3nc4cc(C(=O)c5ccccc5)ccc4n32)cc1. The Morgan fingerprint density at radius 3 is 2.57 bits per heavy atom. The molecule has 0 radical (unpaired) electrons. The zero-order valence-electron chi connectivity index (χ0n) is 15.3. The summed E-state index contributed by atoms with van der Waals surface area (Å²) < 4.78 is 7.55. The molecule has 0 fully saturated rings. The number of nitrogens with zero attached hydrogens (tertiary/aromatic N) is 2. The van der Waals surface area contributed by atoms with Gasteiger partial charge in [-0.15, -0.1) is 11.8 Å². The molecule has 28 heavy (non-hydrogen) atoms. The summed E-state index contributed by atoms with van der Waals surface area (Å²) in [6, 6.07) is 23.4. The van der Waals surface area contributed by atoms with Crippen molar-refractivity contribution in [3.63, 3.8) is 0 Å². The summed E-state index contributed by atoms with van der Waals surface area (Å²) in [5.41, 5.74) is 4.51. The second kappa shape index (κ2) is 6.84. The van der Waals surface area contributed by atoms with E-state index in [1.54, 1.807) is 7.11 Å². The van der Waals surface area contributed by atoms with Crippen LogP contribution in [0.4, 0.5) is 0 Å². The van der Waals surface area contributed by atoms with Gasteiger partial charge in [0.25, 0.3) is 0 Å². The molecule has 0 bridgehead atoms. The molecule has 0 N–H and O–H groups in total. The number of methoxy groups -OCH3 is 1. The van der Waals surface area contributed by atoms with E-state index in [0.717, 1.165) is 28.4 Å². The lowest BCUT2D eigenvalue weighted by Crippen LogP contribution is -2.04. The van der Waals surface area contributed by atoms with Gasteiger partial charge < -0.3 is 9.30 Å². The van der Waals surface area contributed by atoms with E-state index in [9.17, 15) is 4.79 Å². The lowest BCUT2D eigenvalue weighted by Gasteiger charge is -2.14. The molecule has 0 amide bonds. The molecule has 3 aromatic carbocycles. The second-order valence-electron chi connectivity index (χ2n) is 6.73. The Kier molecular flexibility index (Phi) is 4.17. The van der Waals surface area contributed by atoms with Crippen LogP contribution in [-0.4, -0.2) is 22.4 Å². The molecule has 5 rings (SSSR count). The minimum atomic E-state index is 0.0248. The Morgan fingerprint density at radius 2 is 1.82 bits per heavy atom. The van der Waals surface area contributed by atoms with Crippen LogP contribution in [0.5, 0.6) is 5.75 Å². The summed E-state index contributed by atoms with van der Waals surface area (Å²) in [4.78, 5) is 17.6. The van der Waals surface area contributed by atoms with Gasteiger partial charge in [-0.25, -0.2) is 4.98 Å². The number of hydrogen-bond donors (Lipinski definition) is 0. The number of benzene rings is 3. The Hall–Kier alpha value is -3.05. The molecule has 0 aliphatic carbocycles. The molecule has 4 nitrogen and oxygen atoms in total. The van der Waals surface area contributed by atoms with Gasteiger partial charge in [0.2, 0.25) is 0 Å². The highest BCUT2D eigenvalue weighted by atomic mass is 32.2. The van der Waals surface area contributed by atoms with Crippen LogP contribution in [0.25, 0.3) is 11.0 Å². The maximum absolute atomic E-state index is 12.8. The number of imidazole rings is 1. The zero-order chi connectivity index (χ0) is 19.1. The van der Waals surface area contributed by atoms with Crippen molar-refractivity contribution in [2.24, 2.45) is 0 Å². The minimum absolute atomic E-state index is 0.0248. The van der Waals surface area contributed by atoms with E-state index in [-0.39, 0.29) is 11.2 Å². The van der Waals surface area contributed by atoms with Gasteiger partial charge in [0.1, 0.15) is 16.9 Å². The molecule has 5 heteroatoms. The number of aromatic nitrogens is 2. The molecular weight excluding hydrogens is 368 g/mol. The molecule has 1 aliphatic heterocycles. The third kappa shape index (κ3) is 2.79. The molecule has 138 valence electrons. The first kappa shape index (κ1) is 17.1. The van der Waals surface area contributed by atoms with Crippen molar-refractivity contribution in [3.8, 4) is 5.75 Å². The molecule has 0 saturated heterocycles. The Bertz CT molecular complexity index is 1170. The third-order valence-corrected chi connectivity index (χ3v) is 6.29. The highest BCUT2D eigenvalue weighted by Gasteiger charge is 2.28. The van der Waals surface area contributed by atoms with Crippen LogP contribution in [0.1, 0.15) is 32.7 Å². The molecule has 0 saturated carbocycles. The quantitative estimate of drug-likeness (QED) is 0.459. The summed E-state index contributed by atoms with van der Waals surface area (Å²) in [5, 5.41) is 0.182. The predicted octanol–water partition coefficient (Wildman–Crippen LogP) is 5.07. The minimum Gasteiger partial charge on any atom is -0.497 e. The molecule has 1 atom stereocenters. The van der Waals surface area contributed by atoms with Crippen LogP contribution in [-0.2, 0) is 5.75 Å². The fourth-order valence-electron chi connectivity index (χ4n) is 3.65. The van der Waals surface area contributed by atoms with Crippen molar-refractivity contribution in [2.75, 3.05) is 7.11 Å². The summed E-state index contributed by atoms with van der Waals surface area (Å²) in [6.07, 6.45) is 0. The smallest absolute Gasteiger partial charge is 0.193 e. The van der Waals surface area contributed by atoms with Crippen LogP contribution in [0.15, 0.2) is 72.8 Å². The highest BCUT2D eigenvalue weighted by Crippen LogP contribution is 2.43. The molecule has 0 spiro atoms. The van der Waals surface area contributed by atoms with Gasteiger partial charge in [0, 0.05) is 11.1 Å². The Labute approximate surface area is 167 Å². The van der Waals surface area contributed by atoms with Crippen molar-refractivity contribution in [2.45, 2.75) is 11.1 Å². The first-order valence-corrected chi connectivity index (χ1v) is 10.2. The van der Waals surface area contributed by atoms with Gasteiger partial charge in [-0.3, -0.25) is 4.79 Å². The standard InChI is InChI=1S/C23H18N2O2S/c1-27-18-10-7-16(8-11-18)23-25-20-12-9-17(13-19(20)24-21(25)14-28-23)22(26)15-5-3-2-4-6-15/h2-13,23H,14H2,1H3. The van der Waals surface area contributed by atoms with Gasteiger partial charge in [0.05, 0.1) is 23.9 Å². The maximum Gasteiger partial charge on any atom is 0.193 e. The van der Waals surface area contributed by atoms with E-state index in [0.29, 0.717) is 11.1 Å². The van der Waals surface area contributed by atoms with Gasteiger partial charge in [-0.05, 0) is 35.9 Å². The largest absolute Gasteiger partial charge is 0.497 e. The van der Waals surface area contributed by atoms with Crippen LogP contribution >= 0.6 is 11.8 Å². The number of rotatable bonds is 4. The van der Waals surface area contributed by atoms with Crippen LogP contribution in [0.3, 0.4) is 0 Å². The molecule has 1 unspecified atom stereocenters. The number of ether oxygens (including phenoxy) is 1. The van der Waals surface area contributed by atoms with Crippen LogP contribution in [0, 0.1) is 0 Å². The fraction of sp³-hybridized carbons (Fsp3) is 0.130. The Morgan fingerprint density at radius 1 is 1.04 bits per heavy atom. The second-order valence-corrected chi connectivity index (χ2v) is 7.80. The number of carbonyl (C=O) groups is 1. The average molecular weight is 386 g/mol. The Balaban J connectivity index is 1.53. The van der Waals surface area contributed by atoms with Gasteiger partial charge in [0.15, 0.2) is 5.78 Å². The predicted molar refractivity (Wildman–Crippen MR) is 112 cm³/mol. The molecule has 1 aliphatic rings. The summed E-state index contributed by atoms with van der Waals surface area (Å²) in [5.74, 6) is 2.78. The third-order valence-electron chi connectivity index (χ3n) is 5.07. The number of thioether (sulfide) groups is 1. The zero-order valence-corrected chi connectivity index (χ0v) is 16.1. The number of carbonyl (C=O) groups excluding carboxylic acids is 1. The summed E-state index contributed by atoms with van der Waals surface area (Å²) in [7, 11) is 1.68. The number of hydrogen-bond acceptors (Lipinski definition) is 4. The molecular formula is C23H18N2O2S. The van der Waals surface area contributed by atoms with Crippen LogP contribution < -0.4 is 4.74 Å². The van der Waals surface area contributed by atoms with Crippen molar-refractivity contribution in [1.82, 2.24) is 9.55 Å². The normalized spacial score (nSPS) is 15.5. The first-order chi connectivity index (χ1) is 13.7. The summed E-state index contributed by atoms with van der Waals surface area (Å²) in [6.45, 7) is 0. The maximum atomic E-state index is 12.8. The van der Waals surface area contributed by atoms with E-state index in [1.165, 1.54) is 5.56 Å². The van der Waals surface area contributed by atoms with Gasteiger partial charge in [-0.2, -0.15) is 0 Å². The van der Waals surface area contributed by atoms with Crippen molar-refractivity contribution in [1.29, 1.82) is 0 Å². The van der Waals surface area contributed by atoms with Gasteiger partial charge in [-0.1, -0.05) is 42.5 Å². The van der Waals surface area contributed by atoms with E-state index < -0.39 is 0 Å². The van der Waals surface area contributed by atoms with Crippen LogP contribution in [0.2, 0.25) is 0 Å². The van der Waals surface area contributed by atoms with E-state index in [4.69, 9.17) is 9.72 Å². The van der Waals surface area contributed by atoms with Crippen molar-refractivity contribution < 1.29 is 9.53 Å².